The molecule has 26 heavy (non-hydrogen) atoms. The van der Waals surface area contributed by atoms with Crippen molar-refractivity contribution in [2.24, 2.45) is 0 Å². The van der Waals surface area contributed by atoms with Gasteiger partial charge in [0.05, 0.1) is 9.79 Å². The molecule has 8 nitrogen and oxygen atoms in total. The van der Waals surface area contributed by atoms with E-state index in [0.29, 0.717) is 0 Å². The van der Waals surface area contributed by atoms with Crippen LogP contribution in [-0.4, -0.2) is 96.6 Å². The minimum atomic E-state index is -4.59. The second kappa shape index (κ2) is 7.92. The van der Waals surface area contributed by atoms with E-state index < -0.39 is 41.6 Å². The van der Waals surface area contributed by atoms with Crippen LogP contribution in [0.2, 0.25) is 0 Å². The van der Waals surface area contributed by atoms with Crippen molar-refractivity contribution in [3.8, 4) is 0 Å². The summed E-state index contributed by atoms with van der Waals surface area (Å²) in [4.78, 5) is 23.8. The molecule has 12 heteroatoms. The van der Waals surface area contributed by atoms with Crippen molar-refractivity contribution in [3.05, 3.63) is 58.7 Å². The number of hydrogen-bond donors (Lipinski definition) is 2. The molecule has 0 amide bonds. The summed E-state index contributed by atoms with van der Waals surface area (Å²) in [5, 5.41) is 0. The van der Waals surface area contributed by atoms with Crippen molar-refractivity contribution >= 4 is 90.9 Å². The predicted octanol–water partition coefficient (Wildman–Crippen LogP) is -0.342. The number of ketones is 2. The molecule has 0 atom stereocenters. The zero-order chi connectivity index (χ0) is 17.9. The molecule has 0 aliphatic heterocycles. The monoisotopic (exact) mass is 416 g/mol. The molecule has 0 bridgehead atoms. The fourth-order valence-corrected chi connectivity index (χ4v) is 3.44. The Morgan fingerprint density at radius 1 is 0.577 bits per heavy atom. The van der Waals surface area contributed by atoms with E-state index in [-0.39, 0.29) is 81.4 Å². The molecule has 1 aliphatic rings. The van der Waals surface area contributed by atoms with Gasteiger partial charge in [0.2, 0.25) is 0 Å². The Balaban J connectivity index is 0.00000169. The molecule has 0 fully saturated rings. The fraction of sp³-hybridized carbons (Fsp3) is 0. The fourth-order valence-electron chi connectivity index (χ4n) is 2.43. The van der Waals surface area contributed by atoms with Gasteiger partial charge in [-0.2, -0.15) is 16.8 Å². The van der Waals surface area contributed by atoms with Crippen molar-refractivity contribution < 1.29 is 35.5 Å². The molecular weight excluding hydrogens is 406 g/mol. The van der Waals surface area contributed by atoms with Gasteiger partial charge in [-0.1, -0.05) is 0 Å². The van der Waals surface area contributed by atoms with Crippen molar-refractivity contribution in [1.82, 2.24) is 0 Å². The van der Waals surface area contributed by atoms with Gasteiger partial charge in [-0.05, 0) is 36.4 Å². The number of carbonyl (C=O) groups excluding carboxylic acids is 2. The molecular formula is C14H10Na2O8S2. The average molecular weight is 416 g/mol. The van der Waals surface area contributed by atoms with E-state index in [9.17, 15) is 26.4 Å². The van der Waals surface area contributed by atoms with Gasteiger partial charge in [0, 0.05) is 22.3 Å². The van der Waals surface area contributed by atoms with E-state index >= 15 is 0 Å². The topological polar surface area (TPSA) is 143 Å². The molecule has 0 spiro atoms. The molecule has 2 aromatic rings. The molecule has 2 aromatic carbocycles. The predicted molar refractivity (Wildman–Crippen MR) is 93.7 cm³/mol. The molecule has 0 saturated carbocycles. The number of hydrogen-bond acceptors (Lipinski definition) is 6. The first kappa shape index (κ1) is 23.6. The SMILES string of the molecule is O=C1c2ccc(S(=O)(=O)O)cc2C(=O)c2cc(S(=O)(=O)O)ccc21.[NaH].[NaH]. The van der Waals surface area contributed by atoms with E-state index in [1.54, 1.807) is 0 Å². The van der Waals surface area contributed by atoms with Crippen molar-refractivity contribution in [1.29, 1.82) is 0 Å². The molecule has 0 saturated heterocycles. The summed E-state index contributed by atoms with van der Waals surface area (Å²) in [6.45, 7) is 0. The zero-order valence-electron chi connectivity index (χ0n) is 11.6. The Bertz CT molecular complexity index is 1050. The number of rotatable bonds is 2. The number of carbonyl (C=O) groups is 2. The molecule has 0 heterocycles. The van der Waals surface area contributed by atoms with Gasteiger partial charge >= 0.3 is 59.1 Å². The third-order valence-electron chi connectivity index (χ3n) is 3.56. The average Bonchev–Trinajstić information content (AvgIpc) is 2.49. The number of fused-ring (bicyclic) bond motifs is 2. The first-order chi connectivity index (χ1) is 11.0. The van der Waals surface area contributed by atoms with Crippen LogP contribution in [0.5, 0.6) is 0 Å². The standard InChI is InChI=1S/C14H8O8S2.2Na.2H/c15-13-9-3-1-7(23(17,18)19)5-11(9)14(16)12-6-8(24(20,21)22)2-4-10(12)13;;;;/h1-6H,(H,17,18,19)(H,20,21,22);;;;. The van der Waals surface area contributed by atoms with Crippen molar-refractivity contribution in [3.63, 3.8) is 0 Å². The van der Waals surface area contributed by atoms with Crippen LogP contribution in [0.3, 0.4) is 0 Å². The maximum absolute atomic E-state index is 12.5. The third kappa shape index (κ3) is 4.20. The molecule has 0 radical (unpaired) electrons. The summed E-state index contributed by atoms with van der Waals surface area (Å²) in [5.74, 6) is -1.40. The van der Waals surface area contributed by atoms with Crippen LogP contribution in [0.25, 0.3) is 0 Å². The quantitative estimate of drug-likeness (QED) is 0.427. The Kier molecular flexibility index (Phi) is 7.20. The Labute approximate surface area is 193 Å². The second-order valence-electron chi connectivity index (χ2n) is 5.02. The van der Waals surface area contributed by atoms with E-state index in [0.717, 1.165) is 36.4 Å². The van der Waals surface area contributed by atoms with Gasteiger partial charge in [-0.15, -0.1) is 0 Å². The second-order valence-corrected chi connectivity index (χ2v) is 7.87. The van der Waals surface area contributed by atoms with Crippen LogP contribution in [0.4, 0.5) is 0 Å². The summed E-state index contributed by atoms with van der Waals surface area (Å²) in [7, 11) is -9.17. The summed E-state index contributed by atoms with van der Waals surface area (Å²) in [6, 6.07) is 5.84. The van der Waals surface area contributed by atoms with Gasteiger partial charge < -0.3 is 0 Å². The normalized spacial score (nSPS) is 13.2. The van der Waals surface area contributed by atoms with Crippen molar-refractivity contribution in [2.75, 3.05) is 0 Å². The molecule has 0 unspecified atom stereocenters. The van der Waals surface area contributed by atoms with Crippen LogP contribution in [-0.2, 0) is 20.2 Å². The van der Waals surface area contributed by atoms with E-state index in [1.807, 2.05) is 0 Å². The van der Waals surface area contributed by atoms with E-state index in [4.69, 9.17) is 9.11 Å². The van der Waals surface area contributed by atoms with Crippen LogP contribution in [0.1, 0.15) is 31.8 Å². The molecule has 0 aromatic heterocycles. The number of benzene rings is 2. The van der Waals surface area contributed by atoms with Gasteiger partial charge in [0.1, 0.15) is 0 Å². The Morgan fingerprint density at radius 3 is 1.19 bits per heavy atom. The van der Waals surface area contributed by atoms with Gasteiger partial charge in [0.15, 0.2) is 11.6 Å². The Hall–Kier alpha value is -0.400. The van der Waals surface area contributed by atoms with Crippen LogP contribution in [0.15, 0.2) is 46.2 Å². The Morgan fingerprint density at radius 2 is 0.885 bits per heavy atom. The van der Waals surface area contributed by atoms with Crippen molar-refractivity contribution in [2.45, 2.75) is 9.79 Å². The maximum atomic E-state index is 12.5. The van der Waals surface area contributed by atoms with Crippen LogP contribution >= 0.6 is 0 Å². The summed E-state index contributed by atoms with van der Waals surface area (Å²) in [6.07, 6.45) is 0. The van der Waals surface area contributed by atoms with Gasteiger partial charge in [-0.3, -0.25) is 18.7 Å². The van der Waals surface area contributed by atoms with E-state index in [2.05, 4.69) is 0 Å². The summed E-state index contributed by atoms with van der Waals surface area (Å²) >= 11 is 0. The first-order valence-electron chi connectivity index (χ1n) is 6.32. The molecule has 3 rings (SSSR count). The van der Waals surface area contributed by atoms with Gasteiger partial charge in [0.25, 0.3) is 20.2 Å². The zero-order valence-corrected chi connectivity index (χ0v) is 13.3. The summed E-state index contributed by atoms with van der Waals surface area (Å²) < 4.78 is 62.8. The molecule has 2 N–H and O–H groups in total. The third-order valence-corrected chi connectivity index (χ3v) is 5.26. The van der Waals surface area contributed by atoms with Crippen LogP contribution < -0.4 is 0 Å². The minimum absolute atomic E-state index is 0. The van der Waals surface area contributed by atoms with Gasteiger partial charge in [-0.25, -0.2) is 0 Å². The molecule has 128 valence electrons. The molecule has 1 aliphatic carbocycles. The van der Waals surface area contributed by atoms with Crippen LogP contribution in [0, 0.1) is 0 Å². The first-order valence-corrected chi connectivity index (χ1v) is 9.20. The van der Waals surface area contributed by atoms with E-state index in [1.165, 1.54) is 0 Å². The summed E-state index contributed by atoms with van der Waals surface area (Å²) in [5.41, 5.74) is -0.704.